The van der Waals surface area contributed by atoms with Crippen LogP contribution in [0, 0.1) is 0 Å². The summed E-state index contributed by atoms with van der Waals surface area (Å²) >= 11 is 9.83. The van der Waals surface area contributed by atoms with Crippen molar-refractivity contribution in [2.45, 2.75) is 51.6 Å². The summed E-state index contributed by atoms with van der Waals surface area (Å²) in [5.41, 5.74) is 0.291. The van der Waals surface area contributed by atoms with Crippen molar-refractivity contribution in [1.82, 2.24) is 9.97 Å². The Bertz CT molecular complexity index is 506. The van der Waals surface area contributed by atoms with Gasteiger partial charge in [-0.25, -0.2) is 9.97 Å². The van der Waals surface area contributed by atoms with E-state index in [1.54, 1.807) is 0 Å². The molecule has 0 atom stereocenters. The maximum Gasteiger partial charge on any atom is 0.162 e. The first-order valence-corrected chi connectivity index (χ1v) is 8.43. The summed E-state index contributed by atoms with van der Waals surface area (Å²) in [6, 6.07) is 0. The van der Waals surface area contributed by atoms with Crippen LogP contribution in [0.3, 0.4) is 0 Å². The molecule has 0 bridgehead atoms. The van der Waals surface area contributed by atoms with Crippen LogP contribution in [-0.2, 0) is 20.5 Å². The van der Waals surface area contributed by atoms with Gasteiger partial charge in [0.2, 0.25) is 0 Å². The van der Waals surface area contributed by atoms with Gasteiger partial charge in [0.25, 0.3) is 0 Å². The Kier molecular flexibility index (Phi) is 5.29. The first-order chi connectivity index (χ1) is 9.80. The third-order valence-electron chi connectivity index (χ3n) is 3.65. The normalized spacial score (nSPS) is 18.8. The number of hydrogen-bond donors (Lipinski definition) is 0. The van der Waals surface area contributed by atoms with Gasteiger partial charge in [0, 0.05) is 38.1 Å². The standard InChI is InChI=1S/C15H22BrClN2O2/c1-5-21-15(6-8-20-9-7-15)13-18-11(14(2,3)4)10(16)12(17)19-13/h5-9H2,1-4H3. The maximum absolute atomic E-state index is 6.32. The third kappa shape index (κ3) is 3.58. The van der Waals surface area contributed by atoms with Crippen LogP contribution in [0.4, 0.5) is 0 Å². The summed E-state index contributed by atoms with van der Waals surface area (Å²) in [6.45, 7) is 10.2. The Morgan fingerprint density at radius 1 is 1.29 bits per heavy atom. The highest BCUT2D eigenvalue weighted by atomic mass is 79.9. The molecule has 0 saturated carbocycles. The van der Waals surface area contributed by atoms with E-state index in [-0.39, 0.29) is 5.41 Å². The van der Waals surface area contributed by atoms with Crippen molar-refractivity contribution in [2.75, 3.05) is 19.8 Å². The zero-order valence-electron chi connectivity index (χ0n) is 13.0. The molecule has 2 heterocycles. The van der Waals surface area contributed by atoms with E-state index < -0.39 is 5.60 Å². The van der Waals surface area contributed by atoms with Gasteiger partial charge in [0.1, 0.15) is 10.8 Å². The lowest BCUT2D eigenvalue weighted by Crippen LogP contribution is -2.39. The van der Waals surface area contributed by atoms with Crippen LogP contribution in [0.25, 0.3) is 0 Å². The highest BCUT2D eigenvalue weighted by molar-refractivity contribution is 9.10. The smallest absolute Gasteiger partial charge is 0.162 e. The summed E-state index contributed by atoms with van der Waals surface area (Å²) in [7, 11) is 0. The summed E-state index contributed by atoms with van der Waals surface area (Å²) in [5, 5.41) is 0.440. The Balaban J connectivity index is 2.53. The van der Waals surface area contributed by atoms with E-state index in [4.69, 9.17) is 26.1 Å². The fraction of sp³-hybridized carbons (Fsp3) is 0.733. The summed E-state index contributed by atoms with van der Waals surface area (Å²) < 4.78 is 12.3. The third-order valence-corrected chi connectivity index (χ3v) is 4.90. The molecule has 0 aliphatic carbocycles. The Morgan fingerprint density at radius 2 is 1.90 bits per heavy atom. The van der Waals surface area contributed by atoms with Gasteiger partial charge in [0.15, 0.2) is 5.82 Å². The molecule has 1 aromatic rings. The van der Waals surface area contributed by atoms with E-state index in [0.717, 1.165) is 23.0 Å². The van der Waals surface area contributed by atoms with Crippen LogP contribution in [0.15, 0.2) is 4.47 Å². The van der Waals surface area contributed by atoms with Gasteiger partial charge >= 0.3 is 0 Å². The van der Waals surface area contributed by atoms with Crippen LogP contribution in [-0.4, -0.2) is 29.8 Å². The molecule has 0 radical (unpaired) electrons. The van der Waals surface area contributed by atoms with Crippen LogP contribution in [0.2, 0.25) is 5.15 Å². The maximum atomic E-state index is 6.32. The number of halogens is 2. The molecule has 21 heavy (non-hydrogen) atoms. The fourth-order valence-electron chi connectivity index (χ4n) is 2.53. The lowest BCUT2D eigenvalue weighted by Gasteiger charge is -2.36. The van der Waals surface area contributed by atoms with Crippen LogP contribution in [0.5, 0.6) is 0 Å². The molecule has 2 rings (SSSR count). The van der Waals surface area contributed by atoms with Crippen molar-refractivity contribution in [1.29, 1.82) is 0 Å². The van der Waals surface area contributed by atoms with Gasteiger partial charge in [-0.15, -0.1) is 0 Å². The van der Waals surface area contributed by atoms with Crippen molar-refractivity contribution in [3.05, 3.63) is 21.1 Å². The minimum atomic E-state index is -0.489. The molecule has 0 amide bonds. The molecule has 0 unspecified atom stereocenters. The second-order valence-corrected chi connectivity index (χ2v) is 7.44. The van der Waals surface area contributed by atoms with Gasteiger partial charge in [-0.1, -0.05) is 32.4 Å². The van der Waals surface area contributed by atoms with Crippen molar-refractivity contribution in [3.63, 3.8) is 0 Å². The van der Waals surface area contributed by atoms with E-state index in [0.29, 0.717) is 30.8 Å². The van der Waals surface area contributed by atoms with Gasteiger partial charge in [-0.3, -0.25) is 0 Å². The first-order valence-electron chi connectivity index (χ1n) is 7.26. The van der Waals surface area contributed by atoms with E-state index in [2.05, 4.69) is 41.7 Å². The molecule has 0 aromatic carbocycles. The minimum Gasteiger partial charge on any atom is -0.381 e. The van der Waals surface area contributed by atoms with Crippen LogP contribution < -0.4 is 0 Å². The lowest BCUT2D eigenvalue weighted by atomic mass is 9.89. The summed E-state index contributed by atoms with van der Waals surface area (Å²) in [4.78, 5) is 9.28. The van der Waals surface area contributed by atoms with Crippen LogP contribution >= 0.6 is 27.5 Å². The number of hydrogen-bond acceptors (Lipinski definition) is 4. The number of ether oxygens (including phenoxy) is 2. The second kappa shape index (κ2) is 6.49. The highest BCUT2D eigenvalue weighted by Crippen LogP contribution is 2.38. The molecule has 1 aliphatic rings. The second-order valence-electron chi connectivity index (χ2n) is 6.29. The van der Waals surface area contributed by atoms with Gasteiger partial charge < -0.3 is 9.47 Å². The van der Waals surface area contributed by atoms with Gasteiger partial charge in [0.05, 0.1) is 10.2 Å². The first kappa shape index (κ1) is 17.1. The monoisotopic (exact) mass is 376 g/mol. The molecule has 4 nitrogen and oxygen atoms in total. The molecule has 0 spiro atoms. The summed E-state index contributed by atoms with van der Waals surface area (Å²) in [5.74, 6) is 0.672. The average Bonchev–Trinajstić information content (AvgIpc) is 2.41. The molecular weight excluding hydrogens is 356 g/mol. The summed E-state index contributed by atoms with van der Waals surface area (Å²) in [6.07, 6.45) is 1.50. The lowest BCUT2D eigenvalue weighted by molar-refractivity contribution is -0.118. The van der Waals surface area contributed by atoms with Gasteiger partial charge in [-0.05, 0) is 22.9 Å². The SMILES string of the molecule is CCOC1(c2nc(Cl)c(Br)c(C(C)(C)C)n2)CCOCC1. The zero-order chi connectivity index (χ0) is 15.7. The Hall–Kier alpha value is -0.230. The van der Waals surface area contributed by atoms with E-state index in [1.807, 2.05) is 6.92 Å². The number of nitrogens with zero attached hydrogens (tertiary/aromatic N) is 2. The van der Waals surface area contributed by atoms with E-state index in [1.165, 1.54) is 0 Å². The molecule has 118 valence electrons. The molecule has 6 heteroatoms. The minimum absolute atomic E-state index is 0.126. The molecule has 0 N–H and O–H groups in total. The predicted molar refractivity (Wildman–Crippen MR) is 86.8 cm³/mol. The predicted octanol–water partition coefficient (Wildman–Crippen LogP) is 4.23. The van der Waals surface area contributed by atoms with Crippen molar-refractivity contribution in [3.8, 4) is 0 Å². The molecule has 1 aliphatic heterocycles. The van der Waals surface area contributed by atoms with Crippen molar-refractivity contribution < 1.29 is 9.47 Å². The largest absolute Gasteiger partial charge is 0.381 e. The highest BCUT2D eigenvalue weighted by Gasteiger charge is 2.39. The quantitative estimate of drug-likeness (QED) is 0.739. The zero-order valence-corrected chi connectivity index (χ0v) is 15.3. The van der Waals surface area contributed by atoms with E-state index in [9.17, 15) is 0 Å². The van der Waals surface area contributed by atoms with Crippen LogP contribution in [0.1, 0.15) is 52.1 Å². The van der Waals surface area contributed by atoms with Crippen molar-refractivity contribution in [2.24, 2.45) is 0 Å². The molecule has 1 fully saturated rings. The molecule has 1 aromatic heterocycles. The van der Waals surface area contributed by atoms with Gasteiger partial charge in [-0.2, -0.15) is 0 Å². The molecule has 1 saturated heterocycles. The van der Waals surface area contributed by atoms with E-state index >= 15 is 0 Å². The topological polar surface area (TPSA) is 44.2 Å². The molecular formula is C15H22BrClN2O2. The number of aromatic nitrogens is 2. The number of rotatable bonds is 3. The fourth-order valence-corrected chi connectivity index (χ4v) is 3.47. The Morgan fingerprint density at radius 3 is 2.43 bits per heavy atom. The average molecular weight is 378 g/mol. The Labute approximate surface area is 139 Å². The van der Waals surface area contributed by atoms with Crippen molar-refractivity contribution >= 4 is 27.5 Å².